The Morgan fingerprint density at radius 3 is 2.37 bits per heavy atom. The van der Waals surface area contributed by atoms with Crippen LogP contribution in [0.2, 0.25) is 0 Å². The zero-order chi connectivity index (χ0) is 19.6. The van der Waals surface area contributed by atoms with Gasteiger partial charge in [-0.15, -0.1) is 0 Å². The van der Waals surface area contributed by atoms with Gasteiger partial charge >= 0.3 is 18.2 Å². The summed E-state index contributed by atoms with van der Waals surface area (Å²) in [4.78, 5) is 24.4. The minimum Gasteiger partial charge on any atom is -0.478 e. The van der Waals surface area contributed by atoms with Crippen LogP contribution >= 0.6 is 0 Å². The van der Waals surface area contributed by atoms with Crippen molar-refractivity contribution in [2.75, 3.05) is 13.1 Å². The van der Waals surface area contributed by atoms with Gasteiger partial charge in [-0.3, -0.25) is 0 Å². The highest BCUT2D eigenvalue weighted by Gasteiger charge is 2.34. The van der Waals surface area contributed by atoms with Crippen molar-refractivity contribution >= 4 is 12.0 Å². The molecule has 1 fully saturated rings. The predicted octanol–water partition coefficient (Wildman–Crippen LogP) is 3.71. The molecule has 0 bridgehead atoms. The van der Waals surface area contributed by atoms with Gasteiger partial charge in [0.15, 0.2) is 0 Å². The van der Waals surface area contributed by atoms with Crippen LogP contribution in [0.3, 0.4) is 0 Å². The second kappa shape index (κ2) is 7.30. The highest BCUT2D eigenvalue weighted by atomic mass is 19.4. The average Bonchev–Trinajstić information content (AvgIpc) is 2.58. The van der Waals surface area contributed by atoms with E-state index in [9.17, 15) is 22.8 Å². The number of nitrogens with zero attached hydrogens (tertiary/aromatic N) is 1. The topological polar surface area (TPSA) is 69.6 Å². The van der Waals surface area contributed by atoms with E-state index < -0.39 is 17.7 Å². The number of urea groups is 1. The molecule has 0 aromatic heterocycles. The number of carboxylic acid groups (broad SMARTS) is 1. The number of benzene rings is 2. The van der Waals surface area contributed by atoms with Crippen LogP contribution in [0, 0.1) is 0 Å². The van der Waals surface area contributed by atoms with Crippen LogP contribution in [0.25, 0.3) is 0 Å². The monoisotopic (exact) mass is 378 g/mol. The average molecular weight is 378 g/mol. The van der Waals surface area contributed by atoms with Gasteiger partial charge in [0.2, 0.25) is 0 Å². The summed E-state index contributed by atoms with van der Waals surface area (Å²) in [5, 5.41) is 11.6. The first kappa shape index (κ1) is 18.8. The maximum Gasteiger partial charge on any atom is 0.416 e. The van der Waals surface area contributed by atoms with Crippen molar-refractivity contribution in [3.63, 3.8) is 0 Å². The largest absolute Gasteiger partial charge is 0.478 e. The van der Waals surface area contributed by atoms with Gasteiger partial charge in [0.05, 0.1) is 11.1 Å². The number of carbonyl (C=O) groups excluding carboxylic acids is 1. The molecule has 0 radical (unpaired) electrons. The number of amides is 2. The first-order chi connectivity index (χ1) is 12.7. The number of aromatic carboxylic acids is 1. The van der Waals surface area contributed by atoms with E-state index in [1.54, 1.807) is 18.2 Å². The van der Waals surface area contributed by atoms with Gasteiger partial charge in [0, 0.05) is 25.6 Å². The highest BCUT2D eigenvalue weighted by molar-refractivity contribution is 5.87. The third-order valence-corrected chi connectivity index (χ3v) is 4.50. The van der Waals surface area contributed by atoms with Crippen LogP contribution in [0.4, 0.5) is 18.0 Å². The SMILES string of the molecule is O=C(O)c1ccc(CNC(=O)N2CC(c3cccc(C(F)(F)F)c3)C2)cc1. The molecule has 2 amide bonds. The van der Waals surface area contributed by atoms with Gasteiger partial charge in [-0.2, -0.15) is 13.2 Å². The smallest absolute Gasteiger partial charge is 0.416 e. The summed E-state index contributed by atoms with van der Waals surface area (Å²) < 4.78 is 38.3. The number of nitrogens with one attached hydrogen (secondary N) is 1. The molecule has 0 saturated carbocycles. The van der Waals surface area contributed by atoms with E-state index in [2.05, 4.69) is 5.32 Å². The van der Waals surface area contributed by atoms with Crippen molar-refractivity contribution in [2.24, 2.45) is 0 Å². The normalized spacial score (nSPS) is 14.6. The molecule has 3 rings (SSSR count). The number of hydrogen-bond donors (Lipinski definition) is 2. The molecule has 1 saturated heterocycles. The van der Waals surface area contributed by atoms with Crippen LogP contribution in [0.1, 0.15) is 33.0 Å². The lowest BCUT2D eigenvalue weighted by Gasteiger charge is -2.39. The molecule has 142 valence electrons. The van der Waals surface area contributed by atoms with E-state index in [4.69, 9.17) is 5.11 Å². The quantitative estimate of drug-likeness (QED) is 0.852. The lowest BCUT2D eigenvalue weighted by Crippen LogP contribution is -2.52. The molecular weight excluding hydrogens is 361 g/mol. The van der Waals surface area contributed by atoms with E-state index >= 15 is 0 Å². The van der Waals surface area contributed by atoms with Gasteiger partial charge in [0.25, 0.3) is 0 Å². The number of alkyl halides is 3. The number of rotatable bonds is 4. The van der Waals surface area contributed by atoms with Crippen molar-refractivity contribution in [3.8, 4) is 0 Å². The van der Waals surface area contributed by atoms with E-state index in [-0.39, 0.29) is 24.1 Å². The standard InChI is InChI=1S/C19H17F3N2O3/c20-19(21,22)16-3-1-2-14(8-16)15-10-24(11-15)18(27)23-9-12-4-6-13(7-5-12)17(25)26/h1-8,15H,9-11H2,(H,23,27)(H,25,26). The fourth-order valence-corrected chi connectivity index (χ4v) is 2.88. The molecule has 5 nitrogen and oxygen atoms in total. The van der Waals surface area contributed by atoms with Crippen LogP contribution < -0.4 is 5.32 Å². The first-order valence-corrected chi connectivity index (χ1v) is 8.26. The molecule has 8 heteroatoms. The Labute approximate surface area is 153 Å². The van der Waals surface area contributed by atoms with E-state index in [1.165, 1.54) is 23.1 Å². The summed E-state index contributed by atoms with van der Waals surface area (Å²) in [5.41, 5.74) is 0.797. The third-order valence-electron chi connectivity index (χ3n) is 4.50. The number of hydrogen-bond acceptors (Lipinski definition) is 2. The summed E-state index contributed by atoms with van der Waals surface area (Å²) in [7, 11) is 0. The molecular formula is C19H17F3N2O3. The number of carbonyl (C=O) groups is 2. The molecule has 2 aromatic carbocycles. The maximum absolute atomic E-state index is 12.8. The second-order valence-corrected chi connectivity index (χ2v) is 6.39. The number of halogens is 3. The van der Waals surface area contributed by atoms with Crippen molar-refractivity contribution in [2.45, 2.75) is 18.6 Å². The molecule has 1 aliphatic rings. The summed E-state index contributed by atoms with van der Waals surface area (Å²) in [6.07, 6.45) is -4.38. The zero-order valence-corrected chi connectivity index (χ0v) is 14.2. The second-order valence-electron chi connectivity index (χ2n) is 6.39. The van der Waals surface area contributed by atoms with Crippen LogP contribution in [-0.2, 0) is 12.7 Å². The molecule has 2 N–H and O–H groups in total. The van der Waals surface area contributed by atoms with Gasteiger partial charge in [0.1, 0.15) is 0 Å². The van der Waals surface area contributed by atoms with E-state index in [0.717, 1.165) is 17.7 Å². The predicted molar refractivity (Wildman–Crippen MR) is 91.4 cm³/mol. The van der Waals surface area contributed by atoms with Crippen molar-refractivity contribution in [1.82, 2.24) is 10.2 Å². The summed E-state index contributed by atoms with van der Waals surface area (Å²) in [5.74, 6) is -1.14. The van der Waals surface area contributed by atoms with E-state index in [0.29, 0.717) is 18.7 Å². The first-order valence-electron chi connectivity index (χ1n) is 8.26. The fraction of sp³-hybridized carbons (Fsp3) is 0.263. The number of likely N-dealkylation sites (tertiary alicyclic amines) is 1. The zero-order valence-electron chi connectivity index (χ0n) is 14.2. The Bertz CT molecular complexity index is 844. The van der Waals surface area contributed by atoms with Crippen LogP contribution in [0.15, 0.2) is 48.5 Å². The van der Waals surface area contributed by atoms with Crippen LogP contribution in [0.5, 0.6) is 0 Å². The minimum absolute atomic E-state index is 0.118. The highest BCUT2D eigenvalue weighted by Crippen LogP contribution is 2.33. The van der Waals surface area contributed by atoms with Gasteiger partial charge in [-0.1, -0.05) is 30.3 Å². The molecule has 1 aliphatic heterocycles. The third kappa shape index (κ3) is 4.39. The Morgan fingerprint density at radius 2 is 1.78 bits per heavy atom. The Kier molecular flexibility index (Phi) is 5.07. The minimum atomic E-state index is -4.38. The van der Waals surface area contributed by atoms with Gasteiger partial charge in [-0.25, -0.2) is 9.59 Å². The fourth-order valence-electron chi connectivity index (χ4n) is 2.88. The molecule has 0 aliphatic carbocycles. The van der Waals surface area contributed by atoms with Crippen molar-refractivity contribution in [3.05, 3.63) is 70.8 Å². The van der Waals surface area contributed by atoms with Gasteiger partial charge < -0.3 is 15.3 Å². The molecule has 1 heterocycles. The number of carboxylic acids is 1. The summed E-state index contributed by atoms with van der Waals surface area (Å²) >= 11 is 0. The summed E-state index contributed by atoms with van der Waals surface area (Å²) in [6.45, 7) is 0.944. The van der Waals surface area contributed by atoms with E-state index in [1.807, 2.05) is 0 Å². The lowest BCUT2D eigenvalue weighted by atomic mass is 9.90. The molecule has 0 spiro atoms. The Balaban J connectivity index is 1.51. The molecule has 2 aromatic rings. The van der Waals surface area contributed by atoms with Gasteiger partial charge in [-0.05, 0) is 29.3 Å². The molecule has 0 atom stereocenters. The Hall–Kier alpha value is -3.03. The van der Waals surface area contributed by atoms with Crippen LogP contribution in [-0.4, -0.2) is 35.1 Å². The molecule has 0 unspecified atom stereocenters. The Morgan fingerprint density at radius 1 is 1.11 bits per heavy atom. The summed E-state index contributed by atoms with van der Waals surface area (Å²) in [6, 6.07) is 11.0. The van der Waals surface area contributed by atoms with Crippen molar-refractivity contribution < 1.29 is 27.9 Å². The van der Waals surface area contributed by atoms with Crippen molar-refractivity contribution in [1.29, 1.82) is 0 Å². The molecule has 27 heavy (non-hydrogen) atoms. The maximum atomic E-state index is 12.8. The lowest BCUT2D eigenvalue weighted by molar-refractivity contribution is -0.137.